The minimum atomic E-state index is -0.270. The van der Waals surface area contributed by atoms with E-state index in [1.165, 1.54) is 0 Å². The Morgan fingerprint density at radius 2 is 2.09 bits per heavy atom. The van der Waals surface area contributed by atoms with Crippen LogP contribution in [0.1, 0.15) is 5.56 Å². The van der Waals surface area contributed by atoms with Crippen molar-refractivity contribution in [2.24, 2.45) is 5.73 Å². The van der Waals surface area contributed by atoms with E-state index in [9.17, 15) is 4.79 Å². The minimum absolute atomic E-state index is 0.0637. The Bertz CT molecular complexity index is 673. The molecule has 0 spiro atoms. The highest BCUT2D eigenvalue weighted by Crippen LogP contribution is 2.32. The van der Waals surface area contributed by atoms with E-state index in [1.54, 1.807) is 12.3 Å². The van der Waals surface area contributed by atoms with Crippen LogP contribution < -0.4 is 25.8 Å². The highest BCUT2D eigenvalue weighted by molar-refractivity contribution is 5.91. The summed E-state index contributed by atoms with van der Waals surface area (Å²) in [6.07, 6.45) is 1.65. The lowest BCUT2D eigenvalue weighted by Crippen LogP contribution is -2.22. The number of pyridine rings is 1. The third kappa shape index (κ3) is 3.26. The van der Waals surface area contributed by atoms with Gasteiger partial charge in [-0.25, -0.2) is 4.98 Å². The zero-order chi connectivity index (χ0) is 15.4. The number of nitrogens with one attached hydrogen (secondary N) is 2. The lowest BCUT2D eigenvalue weighted by molar-refractivity contribution is -0.114. The van der Waals surface area contributed by atoms with Crippen LogP contribution in [0.4, 0.5) is 11.5 Å². The number of amides is 1. The molecule has 22 heavy (non-hydrogen) atoms. The van der Waals surface area contributed by atoms with Gasteiger partial charge in [-0.05, 0) is 29.8 Å². The second-order valence-electron chi connectivity index (χ2n) is 4.73. The van der Waals surface area contributed by atoms with E-state index < -0.39 is 0 Å². The first-order valence-corrected chi connectivity index (χ1v) is 6.83. The summed E-state index contributed by atoms with van der Waals surface area (Å²) in [4.78, 5) is 15.3. The van der Waals surface area contributed by atoms with Gasteiger partial charge in [0.05, 0.1) is 18.4 Å². The van der Waals surface area contributed by atoms with E-state index in [2.05, 4.69) is 15.6 Å². The zero-order valence-corrected chi connectivity index (χ0v) is 11.8. The Morgan fingerprint density at radius 1 is 1.23 bits per heavy atom. The van der Waals surface area contributed by atoms with Crippen LogP contribution in [0.15, 0.2) is 36.5 Å². The van der Waals surface area contributed by atoms with Crippen LogP contribution in [0.25, 0.3) is 0 Å². The molecule has 0 fully saturated rings. The number of benzene rings is 1. The van der Waals surface area contributed by atoms with E-state index in [1.807, 2.05) is 24.3 Å². The molecule has 114 valence electrons. The van der Waals surface area contributed by atoms with Gasteiger partial charge in [0, 0.05) is 6.54 Å². The lowest BCUT2D eigenvalue weighted by Gasteiger charge is -2.08. The maximum Gasteiger partial charge on any atom is 0.239 e. The van der Waals surface area contributed by atoms with Gasteiger partial charge in [-0.15, -0.1) is 0 Å². The van der Waals surface area contributed by atoms with E-state index >= 15 is 0 Å². The second kappa shape index (κ2) is 6.31. The van der Waals surface area contributed by atoms with Gasteiger partial charge in [-0.1, -0.05) is 6.07 Å². The molecule has 0 atom stereocenters. The van der Waals surface area contributed by atoms with Crippen LogP contribution in [0, 0.1) is 0 Å². The maximum absolute atomic E-state index is 11.2. The fraction of sp³-hybridized carbons (Fsp3) is 0.200. The molecule has 1 amide bonds. The fourth-order valence-corrected chi connectivity index (χ4v) is 2.02. The monoisotopic (exact) mass is 300 g/mol. The van der Waals surface area contributed by atoms with Crippen LogP contribution in [-0.2, 0) is 11.3 Å². The van der Waals surface area contributed by atoms with Gasteiger partial charge in [0.15, 0.2) is 11.5 Å². The van der Waals surface area contributed by atoms with Crippen LogP contribution in [0.5, 0.6) is 11.5 Å². The highest BCUT2D eigenvalue weighted by atomic mass is 16.7. The Kier molecular flexibility index (Phi) is 4.06. The predicted octanol–water partition coefficient (Wildman–Crippen LogP) is 1.32. The summed E-state index contributed by atoms with van der Waals surface area (Å²) in [6, 6.07) is 9.37. The van der Waals surface area contributed by atoms with Gasteiger partial charge in [-0.2, -0.15) is 0 Å². The highest BCUT2D eigenvalue weighted by Gasteiger charge is 2.12. The maximum atomic E-state index is 11.2. The summed E-state index contributed by atoms with van der Waals surface area (Å²) in [6.45, 7) is 0.838. The molecule has 1 aliphatic rings. The van der Waals surface area contributed by atoms with Crippen molar-refractivity contribution in [1.82, 2.24) is 4.98 Å². The first kappa shape index (κ1) is 14.2. The molecular formula is C15H16N4O3. The molecule has 0 saturated heterocycles. The summed E-state index contributed by atoms with van der Waals surface area (Å²) in [7, 11) is 0. The van der Waals surface area contributed by atoms with E-state index in [0.717, 1.165) is 22.7 Å². The van der Waals surface area contributed by atoms with Gasteiger partial charge >= 0.3 is 0 Å². The molecule has 7 nitrogen and oxygen atoms in total. The summed E-state index contributed by atoms with van der Waals surface area (Å²) in [5.41, 5.74) is 7.15. The van der Waals surface area contributed by atoms with Crippen LogP contribution in [-0.4, -0.2) is 24.2 Å². The molecule has 1 aromatic carbocycles. The smallest absolute Gasteiger partial charge is 0.239 e. The zero-order valence-electron chi connectivity index (χ0n) is 11.8. The SMILES string of the molecule is NCC(=O)Nc1ccc(NCc2ccc3c(c2)OCO3)cn1. The van der Waals surface area contributed by atoms with Crippen LogP contribution in [0.3, 0.4) is 0 Å². The molecule has 1 aliphatic heterocycles. The summed E-state index contributed by atoms with van der Waals surface area (Å²) in [5, 5.41) is 5.84. The number of nitrogens with two attached hydrogens (primary N) is 1. The van der Waals surface area contributed by atoms with Crippen LogP contribution >= 0.6 is 0 Å². The molecule has 0 unspecified atom stereocenters. The number of fused-ring (bicyclic) bond motifs is 1. The van der Waals surface area contributed by atoms with Crippen molar-refractivity contribution in [1.29, 1.82) is 0 Å². The van der Waals surface area contributed by atoms with Crippen LogP contribution in [0.2, 0.25) is 0 Å². The van der Waals surface area contributed by atoms with Gasteiger partial charge in [-0.3, -0.25) is 4.79 Å². The number of carbonyl (C=O) groups excluding carboxylic acids is 1. The van der Waals surface area contributed by atoms with E-state index in [-0.39, 0.29) is 19.2 Å². The van der Waals surface area contributed by atoms with E-state index in [0.29, 0.717) is 12.4 Å². The predicted molar refractivity (Wildman–Crippen MR) is 81.8 cm³/mol. The van der Waals surface area contributed by atoms with Gasteiger partial charge in [0.1, 0.15) is 5.82 Å². The number of carbonyl (C=O) groups is 1. The number of hydrogen-bond acceptors (Lipinski definition) is 6. The molecule has 0 radical (unpaired) electrons. The molecule has 7 heteroatoms. The third-order valence-corrected chi connectivity index (χ3v) is 3.15. The summed E-state index contributed by atoms with van der Waals surface area (Å²) in [5.74, 6) is 1.74. The van der Waals surface area contributed by atoms with Crippen molar-refractivity contribution < 1.29 is 14.3 Å². The number of hydrogen-bond donors (Lipinski definition) is 3. The van der Waals surface area contributed by atoms with Crippen molar-refractivity contribution in [3.05, 3.63) is 42.1 Å². The molecule has 0 saturated carbocycles. The van der Waals surface area contributed by atoms with Crippen molar-refractivity contribution in [3.8, 4) is 11.5 Å². The number of aromatic nitrogens is 1. The van der Waals surface area contributed by atoms with Crippen molar-refractivity contribution >= 4 is 17.4 Å². The van der Waals surface area contributed by atoms with Crippen molar-refractivity contribution in [3.63, 3.8) is 0 Å². The van der Waals surface area contributed by atoms with Crippen molar-refractivity contribution in [2.45, 2.75) is 6.54 Å². The molecule has 2 aromatic rings. The molecule has 0 bridgehead atoms. The molecule has 3 rings (SSSR count). The minimum Gasteiger partial charge on any atom is -0.454 e. The van der Waals surface area contributed by atoms with Gasteiger partial charge in [0.25, 0.3) is 0 Å². The first-order valence-electron chi connectivity index (χ1n) is 6.83. The number of rotatable bonds is 5. The second-order valence-corrected chi connectivity index (χ2v) is 4.73. The topological polar surface area (TPSA) is 98.5 Å². The average Bonchev–Trinajstić information content (AvgIpc) is 3.01. The lowest BCUT2D eigenvalue weighted by atomic mass is 10.2. The molecule has 0 aliphatic carbocycles. The quantitative estimate of drug-likeness (QED) is 0.770. The Labute approximate surface area is 127 Å². The Balaban J connectivity index is 1.58. The molecule has 1 aromatic heterocycles. The van der Waals surface area contributed by atoms with Gasteiger partial charge in [0.2, 0.25) is 12.7 Å². The Hall–Kier alpha value is -2.80. The normalized spacial score (nSPS) is 12.0. The first-order chi connectivity index (χ1) is 10.7. The number of nitrogens with zero attached hydrogens (tertiary/aromatic N) is 1. The third-order valence-electron chi connectivity index (χ3n) is 3.15. The largest absolute Gasteiger partial charge is 0.454 e. The molecular weight excluding hydrogens is 284 g/mol. The fourth-order valence-electron chi connectivity index (χ4n) is 2.02. The summed E-state index contributed by atoms with van der Waals surface area (Å²) < 4.78 is 10.6. The van der Waals surface area contributed by atoms with E-state index in [4.69, 9.17) is 15.2 Å². The number of ether oxygens (including phenoxy) is 2. The standard InChI is InChI=1S/C15H16N4O3/c16-6-15(20)19-14-4-2-11(8-18-14)17-7-10-1-3-12-13(5-10)22-9-21-12/h1-5,8,17H,6-7,9,16H2,(H,18,19,20). The van der Waals surface area contributed by atoms with Crippen molar-refractivity contribution in [2.75, 3.05) is 24.0 Å². The Morgan fingerprint density at radius 3 is 2.86 bits per heavy atom. The average molecular weight is 300 g/mol. The summed E-state index contributed by atoms with van der Waals surface area (Å²) >= 11 is 0. The molecule has 4 N–H and O–H groups in total. The molecule has 2 heterocycles. The van der Waals surface area contributed by atoms with Gasteiger partial charge < -0.3 is 25.8 Å². The number of anilines is 2.